The average Bonchev–Trinajstić information content (AvgIpc) is 2.69. The zero-order chi connectivity index (χ0) is 23.9. The summed E-state index contributed by atoms with van der Waals surface area (Å²) in [7, 11) is 0. The van der Waals surface area contributed by atoms with E-state index in [1.807, 2.05) is 34.6 Å². The van der Waals surface area contributed by atoms with E-state index < -0.39 is 23.5 Å². The van der Waals surface area contributed by atoms with Gasteiger partial charge in [0, 0.05) is 11.6 Å². The fraction of sp³-hybridized carbons (Fsp3) is 0.792. The number of carbonyl (C=O) groups is 3. The third-order valence-corrected chi connectivity index (χ3v) is 6.21. The first-order valence-corrected chi connectivity index (χ1v) is 11.6. The normalized spacial score (nSPS) is 21.3. The fourth-order valence-corrected chi connectivity index (χ4v) is 3.90. The van der Waals surface area contributed by atoms with Gasteiger partial charge in [-0.1, -0.05) is 54.0 Å². The lowest BCUT2D eigenvalue weighted by molar-refractivity contribution is -0.136. The number of hydrogen-bond acceptors (Lipinski definition) is 4. The minimum absolute atomic E-state index is 0.00816. The van der Waals surface area contributed by atoms with Gasteiger partial charge in [0.1, 0.15) is 6.04 Å². The van der Waals surface area contributed by atoms with Gasteiger partial charge >= 0.3 is 5.97 Å². The molecule has 0 aromatic rings. The lowest BCUT2D eigenvalue weighted by Gasteiger charge is -2.40. The van der Waals surface area contributed by atoms with Crippen molar-refractivity contribution < 1.29 is 19.5 Å². The van der Waals surface area contributed by atoms with Crippen LogP contribution < -0.4 is 10.6 Å². The summed E-state index contributed by atoms with van der Waals surface area (Å²) < 4.78 is 0. The number of piperidine rings is 1. The van der Waals surface area contributed by atoms with Crippen LogP contribution in [0.3, 0.4) is 0 Å². The van der Waals surface area contributed by atoms with E-state index in [0.29, 0.717) is 6.04 Å². The van der Waals surface area contributed by atoms with E-state index >= 15 is 0 Å². The molecule has 178 valence electrons. The number of carbonyl (C=O) groups excluding carboxylic acids is 2. The molecule has 0 aromatic carbocycles. The average molecular weight is 438 g/mol. The Balaban J connectivity index is 3.04. The van der Waals surface area contributed by atoms with Gasteiger partial charge in [0.25, 0.3) is 0 Å². The molecule has 7 heteroatoms. The predicted molar refractivity (Wildman–Crippen MR) is 124 cm³/mol. The molecular formula is C24H43N3O4. The highest BCUT2D eigenvalue weighted by Crippen LogP contribution is 2.24. The number of aliphatic carboxylic acids is 1. The molecule has 0 bridgehead atoms. The third-order valence-electron chi connectivity index (χ3n) is 6.21. The molecule has 1 heterocycles. The van der Waals surface area contributed by atoms with Gasteiger partial charge in [-0.15, -0.1) is 0 Å². The van der Waals surface area contributed by atoms with E-state index in [0.717, 1.165) is 32.2 Å². The third kappa shape index (κ3) is 7.95. The molecule has 0 radical (unpaired) electrons. The molecule has 1 saturated heterocycles. The molecule has 1 rings (SSSR count). The van der Waals surface area contributed by atoms with Gasteiger partial charge in [0.2, 0.25) is 11.8 Å². The Morgan fingerprint density at radius 3 is 2.23 bits per heavy atom. The topological polar surface area (TPSA) is 98.7 Å². The Bertz CT molecular complexity index is 666. The molecule has 4 atom stereocenters. The number of nitrogens with zero attached hydrogens (tertiary/aromatic N) is 1. The van der Waals surface area contributed by atoms with Crippen molar-refractivity contribution in [1.29, 1.82) is 0 Å². The first-order valence-electron chi connectivity index (χ1n) is 11.6. The van der Waals surface area contributed by atoms with Crippen LogP contribution in [0.2, 0.25) is 0 Å². The Labute approximate surface area is 188 Å². The van der Waals surface area contributed by atoms with Crippen molar-refractivity contribution in [3.63, 3.8) is 0 Å². The van der Waals surface area contributed by atoms with Gasteiger partial charge in [-0.3, -0.25) is 14.5 Å². The summed E-state index contributed by atoms with van der Waals surface area (Å²) in [6, 6.07) is -1.07. The fourth-order valence-electron chi connectivity index (χ4n) is 3.90. The minimum Gasteiger partial charge on any atom is -0.478 e. The number of likely N-dealkylation sites (tertiary alicyclic amines) is 1. The predicted octanol–water partition coefficient (Wildman–Crippen LogP) is 3.34. The van der Waals surface area contributed by atoms with Gasteiger partial charge in [-0.05, 0) is 51.0 Å². The Kier molecular flexibility index (Phi) is 10.2. The quantitative estimate of drug-likeness (QED) is 0.481. The van der Waals surface area contributed by atoms with E-state index in [4.69, 9.17) is 0 Å². The first kappa shape index (κ1) is 27.1. The number of rotatable bonds is 9. The molecule has 4 unspecified atom stereocenters. The van der Waals surface area contributed by atoms with E-state index in [-0.39, 0.29) is 29.3 Å². The van der Waals surface area contributed by atoms with Crippen molar-refractivity contribution in [3.05, 3.63) is 11.6 Å². The minimum atomic E-state index is -1.01. The van der Waals surface area contributed by atoms with Crippen LogP contribution in [0.25, 0.3) is 0 Å². The molecule has 0 saturated carbocycles. The lowest BCUT2D eigenvalue weighted by Crippen LogP contribution is -2.60. The summed E-state index contributed by atoms with van der Waals surface area (Å²) in [4.78, 5) is 40.0. The maximum Gasteiger partial charge on any atom is 0.331 e. The highest BCUT2D eigenvalue weighted by Gasteiger charge is 2.38. The van der Waals surface area contributed by atoms with Gasteiger partial charge in [-0.25, -0.2) is 4.79 Å². The maximum atomic E-state index is 13.3. The molecule has 7 nitrogen and oxygen atoms in total. The summed E-state index contributed by atoms with van der Waals surface area (Å²) in [6.07, 6.45) is 5.43. The van der Waals surface area contributed by atoms with Crippen LogP contribution in [0.5, 0.6) is 0 Å². The van der Waals surface area contributed by atoms with Crippen LogP contribution in [-0.2, 0) is 14.4 Å². The van der Waals surface area contributed by atoms with Crippen LogP contribution in [0.1, 0.15) is 81.1 Å². The lowest BCUT2D eigenvalue weighted by atomic mass is 9.85. The van der Waals surface area contributed by atoms with Crippen LogP contribution in [-0.4, -0.2) is 58.5 Å². The van der Waals surface area contributed by atoms with Gasteiger partial charge in [0.15, 0.2) is 0 Å². The van der Waals surface area contributed by atoms with Crippen molar-refractivity contribution >= 4 is 17.8 Å². The standard InChI is InChI=1S/C24H43N3O4/c1-9-17(5)27-13-11-10-12-19(27)21(28)26-20(24(6,7)8)22(29)25-18(15(2)3)14-16(4)23(30)31/h14-15,17-20H,9-13H2,1-8H3,(H,25,29)(H,26,28)(H,30,31)/b16-14+. The van der Waals surface area contributed by atoms with E-state index in [1.54, 1.807) is 6.08 Å². The van der Waals surface area contributed by atoms with Crippen LogP contribution in [0.4, 0.5) is 0 Å². The monoisotopic (exact) mass is 437 g/mol. The molecule has 31 heavy (non-hydrogen) atoms. The highest BCUT2D eigenvalue weighted by molar-refractivity contribution is 5.91. The molecule has 0 aliphatic carbocycles. The van der Waals surface area contributed by atoms with Crippen molar-refractivity contribution in [1.82, 2.24) is 15.5 Å². The summed E-state index contributed by atoms with van der Waals surface area (Å²) in [6.45, 7) is 16.3. The number of carboxylic acid groups (broad SMARTS) is 1. The highest BCUT2D eigenvalue weighted by atomic mass is 16.4. The van der Waals surface area contributed by atoms with Crippen molar-refractivity contribution in [2.45, 2.75) is 105 Å². The van der Waals surface area contributed by atoms with E-state index in [2.05, 4.69) is 29.4 Å². The molecule has 1 aliphatic heterocycles. The number of nitrogens with one attached hydrogen (secondary N) is 2. The molecule has 1 fully saturated rings. The van der Waals surface area contributed by atoms with Gasteiger partial charge in [0.05, 0.1) is 12.1 Å². The van der Waals surface area contributed by atoms with Crippen LogP contribution in [0.15, 0.2) is 11.6 Å². The number of carboxylic acids is 1. The van der Waals surface area contributed by atoms with Crippen molar-refractivity contribution in [3.8, 4) is 0 Å². The molecular weight excluding hydrogens is 394 g/mol. The molecule has 0 spiro atoms. The zero-order valence-electron chi connectivity index (χ0n) is 20.6. The maximum absolute atomic E-state index is 13.3. The van der Waals surface area contributed by atoms with E-state index in [1.165, 1.54) is 6.92 Å². The summed E-state index contributed by atoms with van der Waals surface area (Å²) in [5, 5.41) is 15.2. The molecule has 2 amide bonds. The molecule has 3 N–H and O–H groups in total. The molecule has 0 aromatic heterocycles. The Morgan fingerprint density at radius 1 is 1.13 bits per heavy atom. The number of hydrogen-bond donors (Lipinski definition) is 3. The SMILES string of the molecule is CCC(C)N1CCCCC1C(=O)NC(C(=O)NC(/C=C(\C)C(=O)O)C(C)C)C(C)(C)C. The van der Waals surface area contributed by atoms with Gasteiger partial charge < -0.3 is 15.7 Å². The summed E-state index contributed by atoms with van der Waals surface area (Å²) in [5.74, 6) is -1.40. The second-order valence-electron chi connectivity index (χ2n) is 10.2. The largest absolute Gasteiger partial charge is 0.478 e. The number of amides is 2. The van der Waals surface area contributed by atoms with Crippen LogP contribution >= 0.6 is 0 Å². The Hall–Kier alpha value is -1.89. The summed E-state index contributed by atoms with van der Waals surface area (Å²) >= 11 is 0. The Morgan fingerprint density at radius 2 is 1.74 bits per heavy atom. The van der Waals surface area contributed by atoms with Crippen molar-refractivity contribution in [2.75, 3.05) is 6.54 Å². The second kappa shape index (κ2) is 11.7. The van der Waals surface area contributed by atoms with Gasteiger partial charge in [-0.2, -0.15) is 0 Å². The first-order chi connectivity index (χ1) is 14.3. The van der Waals surface area contributed by atoms with E-state index in [9.17, 15) is 19.5 Å². The van der Waals surface area contributed by atoms with Crippen molar-refractivity contribution in [2.24, 2.45) is 11.3 Å². The summed E-state index contributed by atoms with van der Waals surface area (Å²) in [5.41, 5.74) is -0.315. The smallest absolute Gasteiger partial charge is 0.331 e. The second-order valence-corrected chi connectivity index (χ2v) is 10.2. The molecule has 1 aliphatic rings. The zero-order valence-corrected chi connectivity index (χ0v) is 20.6. The van der Waals surface area contributed by atoms with Crippen LogP contribution in [0, 0.1) is 11.3 Å².